The summed E-state index contributed by atoms with van der Waals surface area (Å²) in [6.07, 6.45) is 2.15. The zero-order chi connectivity index (χ0) is 14.5. The Balaban J connectivity index is 1.82. The molecule has 0 atom stereocenters. The highest BCUT2D eigenvalue weighted by Gasteiger charge is 2.20. The van der Waals surface area contributed by atoms with Crippen LogP contribution in [0.1, 0.15) is 25.3 Å². The van der Waals surface area contributed by atoms with Gasteiger partial charge in [0.15, 0.2) is 0 Å². The van der Waals surface area contributed by atoms with Gasteiger partial charge in [-0.25, -0.2) is 0 Å². The summed E-state index contributed by atoms with van der Waals surface area (Å²) in [4.78, 5) is 13.2. The first-order valence-corrected chi connectivity index (χ1v) is 7.08. The predicted molar refractivity (Wildman–Crippen MR) is 79.2 cm³/mol. The van der Waals surface area contributed by atoms with Crippen molar-refractivity contribution in [3.05, 3.63) is 23.8 Å². The number of carbonyl (C=O) groups excluding carboxylic acids is 1. The summed E-state index contributed by atoms with van der Waals surface area (Å²) in [6, 6.07) is 5.19. The minimum Gasteiger partial charge on any atom is -0.508 e. The molecule has 1 aliphatic rings. The maximum Gasteiger partial charge on any atom is 0.216 e. The molecular weight excluding hydrogens is 254 g/mol. The van der Waals surface area contributed by atoms with Gasteiger partial charge in [0, 0.05) is 31.3 Å². The Morgan fingerprint density at radius 3 is 2.80 bits per heavy atom. The number of benzene rings is 1. The summed E-state index contributed by atoms with van der Waals surface area (Å²) in [5, 5.41) is 12.7. The summed E-state index contributed by atoms with van der Waals surface area (Å²) in [5.41, 5.74) is 7.31. The molecule has 5 nitrogen and oxygen atoms in total. The van der Waals surface area contributed by atoms with Gasteiger partial charge in [-0.2, -0.15) is 0 Å². The maximum absolute atomic E-state index is 10.9. The Labute approximate surface area is 119 Å². The molecule has 1 amide bonds. The lowest BCUT2D eigenvalue weighted by Gasteiger charge is -2.32. The molecule has 1 saturated heterocycles. The summed E-state index contributed by atoms with van der Waals surface area (Å²) in [7, 11) is 0. The van der Waals surface area contributed by atoms with Crippen molar-refractivity contribution in [3.63, 3.8) is 0 Å². The van der Waals surface area contributed by atoms with Gasteiger partial charge in [-0.3, -0.25) is 9.69 Å². The molecule has 110 valence electrons. The van der Waals surface area contributed by atoms with E-state index < -0.39 is 0 Å². The van der Waals surface area contributed by atoms with Crippen molar-refractivity contribution in [2.45, 2.75) is 26.3 Å². The van der Waals surface area contributed by atoms with Gasteiger partial charge in [-0.05, 0) is 50.0 Å². The third-order valence-electron chi connectivity index (χ3n) is 3.84. The summed E-state index contributed by atoms with van der Waals surface area (Å²) in [5.74, 6) is 0.904. The number of carbonyl (C=O) groups is 1. The molecule has 0 bridgehead atoms. The van der Waals surface area contributed by atoms with Crippen molar-refractivity contribution in [3.8, 4) is 5.75 Å². The topological polar surface area (TPSA) is 78.6 Å². The molecule has 0 saturated carbocycles. The largest absolute Gasteiger partial charge is 0.508 e. The van der Waals surface area contributed by atoms with E-state index in [9.17, 15) is 9.90 Å². The van der Waals surface area contributed by atoms with Crippen LogP contribution in [0.4, 0.5) is 5.69 Å². The van der Waals surface area contributed by atoms with Crippen LogP contribution in [0.15, 0.2) is 18.2 Å². The number of hydrogen-bond donors (Lipinski definition) is 3. The van der Waals surface area contributed by atoms with Gasteiger partial charge in [0.25, 0.3) is 0 Å². The van der Waals surface area contributed by atoms with Crippen molar-refractivity contribution < 1.29 is 9.90 Å². The number of nitrogen functional groups attached to an aromatic ring is 1. The molecule has 0 aromatic heterocycles. The van der Waals surface area contributed by atoms with Gasteiger partial charge in [0.05, 0.1) is 0 Å². The molecule has 1 aromatic carbocycles. The number of nitrogens with two attached hydrogens (primary N) is 1. The Kier molecular flexibility index (Phi) is 4.84. The minimum absolute atomic E-state index is 0.0390. The Hall–Kier alpha value is -1.75. The molecule has 4 N–H and O–H groups in total. The van der Waals surface area contributed by atoms with E-state index in [-0.39, 0.29) is 5.91 Å². The van der Waals surface area contributed by atoms with Gasteiger partial charge in [-0.15, -0.1) is 0 Å². The lowest BCUT2D eigenvalue weighted by molar-refractivity contribution is -0.119. The fraction of sp³-hybridized carbons (Fsp3) is 0.533. The number of aromatic hydroxyl groups is 1. The number of hydrogen-bond acceptors (Lipinski definition) is 4. The second-order valence-corrected chi connectivity index (χ2v) is 5.54. The number of piperidine rings is 1. The van der Waals surface area contributed by atoms with Crippen molar-refractivity contribution in [1.29, 1.82) is 0 Å². The number of nitrogens with one attached hydrogen (secondary N) is 1. The first-order valence-electron chi connectivity index (χ1n) is 7.08. The van der Waals surface area contributed by atoms with E-state index in [0.29, 0.717) is 17.4 Å². The molecule has 1 heterocycles. The lowest BCUT2D eigenvalue weighted by Crippen LogP contribution is -2.37. The number of amides is 1. The molecule has 5 heteroatoms. The number of likely N-dealkylation sites (tertiary alicyclic amines) is 1. The quantitative estimate of drug-likeness (QED) is 0.573. The monoisotopic (exact) mass is 277 g/mol. The second kappa shape index (κ2) is 6.61. The summed E-state index contributed by atoms with van der Waals surface area (Å²) >= 11 is 0. The Morgan fingerprint density at radius 2 is 2.15 bits per heavy atom. The van der Waals surface area contributed by atoms with Crippen LogP contribution >= 0.6 is 0 Å². The number of anilines is 1. The van der Waals surface area contributed by atoms with Crippen LogP contribution in [0.3, 0.4) is 0 Å². The highest BCUT2D eigenvalue weighted by atomic mass is 16.3. The predicted octanol–water partition coefficient (Wildman–Crippen LogP) is 1.32. The first-order chi connectivity index (χ1) is 9.54. The smallest absolute Gasteiger partial charge is 0.216 e. The Morgan fingerprint density at radius 1 is 1.45 bits per heavy atom. The second-order valence-electron chi connectivity index (χ2n) is 5.54. The molecule has 2 rings (SSSR count). The van der Waals surface area contributed by atoms with Crippen molar-refractivity contribution in [1.82, 2.24) is 10.2 Å². The van der Waals surface area contributed by atoms with E-state index in [2.05, 4.69) is 10.2 Å². The molecule has 0 unspecified atom stereocenters. The average molecular weight is 277 g/mol. The van der Waals surface area contributed by atoms with Gasteiger partial charge < -0.3 is 16.2 Å². The molecule has 20 heavy (non-hydrogen) atoms. The fourth-order valence-electron chi connectivity index (χ4n) is 2.61. The third kappa shape index (κ3) is 4.13. The Bertz CT molecular complexity index is 468. The molecule has 0 radical (unpaired) electrons. The molecule has 0 aliphatic carbocycles. The van der Waals surface area contributed by atoms with Crippen LogP contribution in [0.25, 0.3) is 0 Å². The van der Waals surface area contributed by atoms with Crippen LogP contribution in [-0.4, -0.2) is 35.5 Å². The van der Waals surface area contributed by atoms with Crippen molar-refractivity contribution in [2.24, 2.45) is 5.92 Å². The van der Waals surface area contributed by atoms with Gasteiger partial charge in [0.1, 0.15) is 5.75 Å². The van der Waals surface area contributed by atoms with E-state index >= 15 is 0 Å². The van der Waals surface area contributed by atoms with Crippen LogP contribution in [0.2, 0.25) is 0 Å². The lowest BCUT2D eigenvalue weighted by atomic mass is 9.96. The van der Waals surface area contributed by atoms with Gasteiger partial charge in [-0.1, -0.05) is 0 Å². The van der Waals surface area contributed by atoms with E-state index in [4.69, 9.17) is 5.73 Å². The normalized spacial score (nSPS) is 17.1. The number of rotatable bonds is 4. The van der Waals surface area contributed by atoms with Crippen LogP contribution < -0.4 is 11.1 Å². The third-order valence-corrected chi connectivity index (χ3v) is 3.84. The first kappa shape index (κ1) is 14.7. The van der Waals surface area contributed by atoms with Crippen LogP contribution in [0.5, 0.6) is 5.75 Å². The van der Waals surface area contributed by atoms with E-state index in [1.165, 1.54) is 0 Å². The number of phenols is 1. The van der Waals surface area contributed by atoms with E-state index in [0.717, 1.165) is 44.6 Å². The van der Waals surface area contributed by atoms with Crippen LogP contribution in [-0.2, 0) is 11.3 Å². The molecule has 1 aromatic rings. The molecule has 1 fully saturated rings. The molecular formula is C15H23N3O2. The minimum atomic E-state index is 0.0390. The molecule has 1 aliphatic heterocycles. The standard InChI is InChI=1S/C15H23N3O2/c1-11(19)17-9-12-4-6-18(7-5-12)10-13-8-14(16)2-3-15(13)20/h2-3,8,12,20H,4-7,9-10,16H2,1H3,(H,17,19). The number of phenolic OH excluding ortho intramolecular Hbond substituents is 1. The fourth-order valence-corrected chi connectivity index (χ4v) is 2.61. The van der Waals surface area contributed by atoms with E-state index in [1.54, 1.807) is 19.1 Å². The SMILES string of the molecule is CC(=O)NCC1CCN(Cc2cc(N)ccc2O)CC1. The molecule has 0 spiro atoms. The average Bonchev–Trinajstić information content (AvgIpc) is 2.42. The van der Waals surface area contributed by atoms with E-state index in [1.807, 2.05) is 6.07 Å². The zero-order valence-electron chi connectivity index (χ0n) is 11.9. The van der Waals surface area contributed by atoms with Crippen LogP contribution in [0, 0.1) is 5.92 Å². The van der Waals surface area contributed by atoms with Crippen molar-refractivity contribution >= 4 is 11.6 Å². The van der Waals surface area contributed by atoms with Crippen molar-refractivity contribution in [2.75, 3.05) is 25.4 Å². The van der Waals surface area contributed by atoms with Gasteiger partial charge in [0.2, 0.25) is 5.91 Å². The maximum atomic E-state index is 10.9. The number of nitrogens with zero attached hydrogens (tertiary/aromatic N) is 1. The zero-order valence-corrected chi connectivity index (χ0v) is 11.9. The summed E-state index contributed by atoms with van der Waals surface area (Å²) in [6.45, 7) is 5.02. The van der Waals surface area contributed by atoms with Gasteiger partial charge >= 0.3 is 0 Å². The highest BCUT2D eigenvalue weighted by Crippen LogP contribution is 2.24. The summed E-state index contributed by atoms with van der Waals surface area (Å²) < 4.78 is 0. The highest BCUT2D eigenvalue weighted by molar-refractivity contribution is 5.72.